The minimum Gasteiger partial charge on any atom is -0.338 e. The Morgan fingerprint density at radius 3 is 3.05 bits per heavy atom. The van der Waals surface area contributed by atoms with Crippen molar-refractivity contribution >= 4 is 5.91 Å². The van der Waals surface area contributed by atoms with E-state index in [1.807, 2.05) is 24.0 Å². The molecular weight excluding hydrogens is 250 g/mol. The van der Waals surface area contributed by atoms with E-state index in [1.165, 1.54) is 6.42 Å². The molecule has 1 unspecified atom stereocenters. The van der Waals surface area contributed by atoms with Gasteiger partial charge in [0.15, 0.2) is 0 Å². The second kappa shape index (κ2) is 6.84. The molecule has 110 valence electrons. The fourth-order valence-corrected chi connectivity index (χ4v) is 2.70. The number of carbonyl (C=O) groups is 1. The summed E-state index contributed by atoms with van der Waals surface area (Å²) in [4.78, 5) is 18.8. The maximum Gasteiger partial charge on any atom is 0.255 e. The molecule has 0 spiro atoms. The van der Waals surface area contributed by atoms with E-state index < -0.39 is 0 Å². The predicted octanol–water partition coefficient (Wildman–Crippen LogP) is 2.24. The summed E-state index contributed by atoms with van der Waals surface area (Å²) in [6.45, 7) is 8.93. The highest BCUT2D eigenvalue weighted by molar-refractivity contribution is 5.95. The Morgan fingerprint density at radius 1 is 1.55 bits per heavy atom. The Hall–Kier alpha value is -1.42. The average molecular weight is 275 g/mol. The number of aryl methyl sites for hydroxylation is 1. The number of amides is 1. The molecule has 0 saturated carbocycles. The van der Waals surface area contributed by atoms with Crippen molar-refractivity contribution in [2.75, 3.05) is 19.6 Å². The lowest BCUT2D eigenvalue weighted by Crippen LogP contribution is -2.44. The van der Waals surface area contributed by atoms with Crippen LogP contribution in [0.1, 0.15) is 42.7 Å². The number of piperidine rings is 1. The molecule has 0 aliphatic carbocycles. The van der Waals surface area contributed by atoms with Crippen LogP contribution in [0.5, 0.6) is 0 Å². The Bertz CT molecular complexity index is 459. The number of nitrogens with one attached hydrogen (secondary N) is 1. The third-order valence-corrected chi connectivity index (χ3v) is 3.86. The molecule has 0 radical (unpaired) electrons. The Kier molecular flexibility index (Phi) is 5.12. The third-order valence-electron chi connectivity index (χ3n) is 3.86. The molecule has 1 amide bonds. The van der Waals surface area contributed by atoms with Gasteiger partial charge in [0.2, 0.25) is 0 Å². The van der Waals surface area contributed by atoms with E-state index >= 15 is 0 Å². The summed E-state index contributed by atoms with van der Waals surface area (Å²) in [5, 5.41) is 3.48. The first-order valence-electron chi connectivity index (χ1n) is 7.52. The van der Waals surface area contributed by atoms with Gasteiger partial charge in [-0.25, -0.2) is 0 Å². The van der Waals surface area contributed by atoms with E-state index in [1.54, 1.807) is 6.20 Å². The smallest absolute Gasteiger partial charge is 0.255 e. The highest BCUT2D eigenvalue weighted by Crippen LogP contribution is 2.19. The minimum absolute atomic E-state index is 0.129. The number of rotatable bonds is 4. The first kappa shape index (κ1) is 15.0. The number of likely N-dealkylation sites (tertiary alicyclic amines) is 1. The lowest BCUT2D eigenvalue weighted by molar-refractivity contribution is 0.0671. The molecule has 2 heterocycles. The zero-order valence-corrected chi connectivity index (χ0v) is 12.7. The summed E-state index contributed by atoms with van der Waals surface area (Å²) < 4.78 is 0. The summed E-state index contributed by atoms with van der Waals surface area (Å²) in [7, 11) is 0. The van der Waals surface area contributed by atoms with Crippen LogP contribution in [-0.4, -0.2) is 41.5 Å². The molecule has 1 saturated heterocycles. The normalized spacial score (nSPS) is 19.4. The molecule has 1 aromatic heterocycles. The van der Waals surface area contributed by atoms with Gasteiger partial charge in [-0.3, -0.25) is 9.78 Å². The highest BCUT2D eigenvalue weighted by Gasteiger charge is 2.25. The van der Waals surface area contributed by atoms with E-state index in [0.29, 0.717) is 12.0 Å². The lowest BCUT2D eigenvalue weighted by atomic mass is 9.97. The van der Waals surface area contributed by atoms with Gasteiger partial charge in [0.25, 0.3) is 5.91 Å². The molecule has 0 aromatic carbocycles. The van der Waals surface area contributed by atoms with Crippen molar-refractivity contribution in [3.8, 4) is 0 Å². The van der Waals surface area contributed by atoms with E-state index in [0.717, 1.165) is 37.3 Å². The van der Waals surface area contributed by atoms with E-state index in [-0.39, 0.29) is 5.91 Å². The van der Waals surface area contributed by atoms with Crippen molar-refractivity contribution < 1.29 is 4.79 Å². The number of aromatic nitrogens is 1. The Labute approximate surface area is 121 Å². The van der Waals surface area contributed by atoms with Gasteiger partial charge in [0.05, 0.1) is 5.56 Å². The average Bonchev–Trinajstić information content (AvgIpc) is 2.45. The number of pyridine rings is 1. The van der Waals surface area contributed by atoms with Crippen LogP contribution in [0.4, 0.5) is 0 Å². The number of carbonyl (C=O) groups excluding carboxylic acids is 1. The van der Waals surface area contributed by atoms with Crippen molar-refractivity contribution in [3.05, 3.63) is 29.6 Å². The van der Waals surface area contributed by atoms with Crippen LogP contribution in [-0.2, 0) is 0 Å². The quantitative estimate of drug-likeness (QED) is 0.916. The van der Waals surface area contributed by atoms with Crippen LogP contribution < -0.4 is 5.32 Å². The second-order valence-corrected chi connectivity index (χ2v) is 5.96. The molecule has 4 nitrogen and oxygen atoms in total. The minimum atomic E-state index is 0.129. The first-order chi connectivity index (χ1) is 9.58. The summed E-state index contributed by atoms with van der Waals surface area (Å²) in [5.41, 5.74) is 1.56. The molecule has 1 aromatic rings. The van der Waals surface area contributed by atoms with Gasteiger partial charge >= 0.3 is 0 Å². The Morgan fingerprint density at radius 2 is 2.35 bits per heavy atom. The number of hydrogen-bond acceptors (Lipinski definition) is 3. The van der Waals surface area contributed by atoms with Crippen LogP contribution in [0.15, 0.2) is 18.3 Å². The van der Waals surface area contributed by atoms with Crippen LogP contribution in [0, 0.1) is 12.8 Å². The molecule has 1 atom stereocenters. The maximum absolute atomic E-state index is 12.6. The summed E-state index contributed by atoms with van der Waals surface area (Å²) in [6, 6.07) is 4.21. The van der Waals surface area contributed by atoms with Crippen LogP contribution in [0.3, 0.4) is 0 Å². The third kappa shape index (κ3) is 3.79. The molecule has 1 fully saturated rings. The van der Waals surface area contributed by atoms with Crippen molar-refractivity contribution in [2.24, 2.45) is 5.92 Å². The monoisotopic (exact) mass is 275 g/mol. The van der Waals surface area contributed by atoms with Crippen molar-refractivity contribution in [3.63, 3.8) is 0 Å². The molecule has 1 aliphatic rings. The van der Waals surface area contributed by atoms with Gasteiger partial charge in [-0.15, -0.1) is 0 Å². The highest BCUT2D eigenvalue weighted by atomic mass is 16.2. The van der Waals surface area contributed by atoms with Crippen LogP contribution in [0.2, 0.25) is 0 Å². The molecular formula is C16H25N3O. The molecule has 1 aliphatic heterocycles. The Balaban J connectivity index is 1.98. The molecule has 2 rings (SSSR count). The second-order valence-electron chi connectivity index (χ2n) is 5.96. The maximum atomic E-state index is 12.6. The number of nitrogens with zero attached hydrogens (tertiary/aromatic N) is 2. The molecule has 4 heteroatoms. The van der Waals surface area contributed by atoms with Gasteiger partial charge < -0.3 is 10.2 Å². The lowest BCUT2D eigenvalue weighted by Gasteiger charge is -2.33. The predicted molar refractivity (Wildman–Crippen MR) is 80.7 cm³/mol. The van der Waals surface area contributed by atoms with Gasteiger partial charge in [-0.1, -0.05) is 13.8 Å². The van der Waals surface area contributed by atoms with Crippen molar-refractivity contribution in [1.29, 1.82) is 0 Å². The van der Waals surface area contributed by atoms with E-state index in [2.05, 4.69) is 24.1 Å². The van der Waals surface area contributed by atoms with Gasteiger partial charge in [0, 0.05) is 31.0 Å². The van der Waals surface area contributed by atoms with E-state index in [4.69, 9.17) is 0 Å². The van der Waals surface area contributed by atoms with Crippen molar-refractivity contribution in [2.45, 2.75) is 39.7 Å². The fourth-order valence-electron chi connectivity index (χ4n) is 2.70. The SMILES string of the molecule is Cc1ncccc1C(=O)N1CCCC(CNC(C)C)C1. The molecule has 20 heavy (non-hydrogen) atoms. The molecule has 1 N–H and O–H groups in total. The van der Waals surface area contributed by atoms with Gasteiger partial charge in [-0.05, 0) is 44.4 Å². The largest absolute Gasteiger partial charge is 0.338 e. The van der Waals surface area contributed by atoms with Crippen LogP contribution >= 0.6 is 0 Å². The summed E-state index contributed by atoms with van der Waals surface area (Å²) >= 11 is 0. The van der Waals surface area contributed by atoms with Gasteiger partial charge in [-0.2, -0.15) is 0 Å². The van der Waals surface area contributed by atoms with E-state index in [9.17, 15) is 4.79 Å². The first-order valence-corrected chi connectivity index (χ1v) is 7.52. The van der Waals surface area contributed by atoms with Crippen molar-refractivity contribution in [1.82, 2.24) is 15.2 Å². The zero-order chi connectivity index (χ0) is 14.5. The molecule has 0 bridgehead atoms. The summed E-state index contributed by atoms with van der Waals surface area (Å²) in [5.74, 6) is 0.692. The van der Waals surface area contributed by atoms with Gasteiger partial charge in [0.1, 0.15) is 0 Å². The fraction of sp³-hybridized carbons (Fsp3) is 0.625. The summed E-state index contributed by atoms with van der Waals surface area (Å²) in [6.07, 6.45) is 4.03. The zero-order valence-electron chi connectivity index (χ0n) is 12.7. The van der Waals surface area contributed by atoms with Crippen LogP contribution in [0.25, 0.3) is 0 Å². The number of hydrogen-bond donors (Lipinski definition) is 1. The topological polar surface area (TPSA) is 45.2 Å². The standard InChI is InChI=1S/C16H25N3O/c1-12(2)18-10-14-6-5-9-19(11-14)16(20)15-7-4-8-17-13(15)3/h4,7-8,12,14,18H,5-6,9-11H2,1-3H3.